The van der Waals surface area contributed by atoms with Crippen LogP contribution < -0.4 is 16.1 Å². The molecule has 0 bridgehead atoms. The van der Waals surface area contributed by atoms with Gasteiger partial charge in [0.1, 0.15) is 28.3 Å². The van der Waals surface area contributed by atoms with Crippen LogP contribution in [0.2, 0.25) is 0 Å². The molecule has 0 spiro atoms. The van der Waals surface area contributed by atoms with Crippen LogP contribution in [-0.2, 0) is 56.7 Å². The fourth-order valence-electron chi connectivity index (χ4n) is 9.54. The van der Waals surface area contributed by atoms with Crippen molar-refractivity contribution in [2.24, 2.45) is 5.16 Å². The molecule has 5 aromatic carbocycles. The third-order valence-electron chi connectivity index (χ3n) is 13.4. The molecule has 10 rings (SSSR count). The van der Waals surface area contributed by atoms with E-state index in [0.29, 0.717) is 27.4 Å². The summed E-state index contributed by atoms with van der Waals surface area (Å²) in [6, 6.07) is 48.7. The number of thiazole rings is 1. The van der Waals surface area contributed by atoms with E-state index in [1.165, 1.54) is 48.2 Å². The number of fused-ring (bicyclic) bond motifs is 2. The number of anilines is 1. The summed E-state index contributed by atoms with van der Waals surface area (Å²) in [7, 11) is 0. The van der Waals surface area contributed by atoms with Crippen LogP contribution >= 0.6 is 11.3 Å². The average Bonchev–Trinajstić information content (AvgIpc) is 4.06. The van der Waals surface area contributed by atoms with Crippen LogP contribution in [-0.4, -0.2) is 87.2 Å². The molecule has 3 N–H and O–H groups in total. The number of aromatic hydroxyl groups is 1. The summed E-state index contributed by atoms with van der Waals surface area (Å²) in [5, 5.41) is 26.1. The predicted octanol–water partition coefficient (Wildman–Crippen LogP) is 8.46. The molecule has 1 aromatic heterocycles. The Labute approximate surface area is 468 Å². The Kier molecular flexibility index (Phi) is 15.3. The standard InChI is InChI=1S/C61H55N7O10S2/c1-59(2,3)77-57(74)60(4,5)78-66-49(46-36-79-58(63-46)65-61(43-25-15-8-16-26-43,44-27-17-9-18-28-44)45-29-19-10-20-30-45)53(71)64-50-54(72)68-51(56(73)76-52(38-21-11-6-12-22-38)39-23-13-7-14-24-39)42(37-80(75)55(50)68)35-67-34-41-32-48(70)47(69)31-40(41)33-62-67/h6-34,36,50,52,55,70H,35,37H2,1-5H3,(H,63,65)(H,64,71)/b66-49-/t50?,55-,80?/m0/s1. The maximum absolute atomic E-state index is 15.0. The van der Waals surface area contributed by atoms with Crippen LogP contribution in [0.3, 0.4) is 0 Å². The molecule has 406 valence electrons. The Hall–Kier alpha value is -8.91. The van der Waals surface area contributed by atoms with Crippen molar-refractivity contribution in [1.29, 1.82) is 0 Å². The van der Waals surface area contributed by atoms with Gasteiger partial charge in [0, 0.05) is 28.3 Å². The van der Waals surface area contributed by atoms with Gasteiger partial charge in [-0.05, 0) is 85.7 Å². The molecular formula is C61H55N7O10S2. The lowest BCUT2D eigenvalue weighted by atomic mass is 9.77. The molecule has 6 aromatic rings. The predicted molar refractivity (Wildman–Crippen MR) is 303 cm³/mol. The van der Waals surface area contributed by atoms with Gasteiger partial charge in [0.25, 0.3) is 11.8 Å². The first-order chi connectivity index (χ1) is 38.4. The molecule has 17 nitrogen and oxygen atoms in total. The van der Waals surface area contributed by atoms with Gasteiger partial charge in [0.05, 0.1) is 12.7 Å². The summed E-state index contributed by atoms with van der Waals surface area (Å²) in [6.45, 7) is 7.81. The Bertz CT molecular complexity index is 3530. The van der Waals surface area contributed by atoms with E-state index in [0.717, 1.165) is 21.6 Å². The van der Waals surface area contributed by atoms with Crippen molar-refractivity contribution < 1.29 is 43.1 Å². The highest BCUT2D eigenvalue weighted by Crippen LogP contribution is 2.42. The number of hydrogen-bond donors (Lipinski definition) is 3. The third-order valence-corrected chi connectivity index (χ3v) is 15.8. The first-order valence-electron chi connectivity index (χ1n) is 25.5. The lowest BCUT2D eigenvalue weighted by Gasteiger charge is -2.49. The van der Waals surface area contributed by atoms with Gasteiger partial charge in [-0.15, -0.1) is 11.3 Å². The minimum absolute atomic E-state index is 0.00508. The van der Waals surface area contributed by atoms with E-state index in [-0.39, 0.29) is 29.3 Å². The summed E-state index contributed by atoms with van der Waals surface area (Å²) in [4.78, 5) is 82.4. The fraction of sp³-hybridized carbons (Fsp3) is 0.213. The van der Waals surface area contributed by atoms with E-state index in [1.54, 1.807) is 32.3 Å². The maximum Gasteiger partial charge on any atom is 0.356 e. The second-order valence-electron chi connectivity index (χ2n) is 20.6. The number of amides is 2. The molecule has 1 saturated heterocycles. The molecule has 4 heterocycles. The van der Waals surface area contributed by atoms with Gasteiger partial charge in [0.15, 0.2) is 28.7 Å². The largest absolute Gasteiger partial charge is 0.614 e. The van der Waals surface area contributed by atoms with Gasteiger partial charge < -0.3 is 34.6 Å². The molecule has 1 aliphatic carbocycles. The van der Waals surface area contributed by atoms with Crippen LogP contribution in [0.25, 0.3) is 11.1 Å². The molecular weight excluding hydrogens is 1050 g/mol. The van der Waals surface area contributed by atoms with E-state index in [2.05, 4.69) is 20.9 Å². The van der Waals surface area contributed by atoms with E-state index >= 15 is 0 Å². The van der Waals surface area contributed by atoms with Crippen LogP contribution in [0, 0.1) is 0 Å². The minimum Gasteiger partial charge on any atom is -0.614 e. The van der Waals surface area contributed by atoms with Crippen molar-refractivity contribution >= 4 is 57.1 Å². The summed E-state index contributed by atoms with van der Waals surface area (Å²) in [5.41, 5.74) is 0.225. The fourth-order valence-corrected chi connectivity index (χ4v) is 12.0. The molecule has 4 aliphatic rings. The number of oxime groups is 1. The number of phenols is 1. The quantitative estimate of drug-likeness (QED) is 0.0194. The number of esters is 2. The summed E-state index contributed by atoms with van der Waals surface area (Å²) >= 11 is -0.788. The normalized spacial score (nSPS) is 16.6. The van der Waals surface area contributed by atoms with Gasteiger partial charge in [-0.3, -0.25) is 24.0 Å². The van der Waals surface area contributed by atoms with E-state index in [1.807, 2.05) is 152 Å². The number of hydrogen-bond acceptors (Lipinski definition) is 15. The number of nitrogens with one attached hydrogen (secondary N) is 2. The minimum atomic E-state index is -1.96. The zero-order chi connectivity index (χ0) is 56.3. The average molecular weight is 1110 g/mol. The van der Waals surface area contributed by atoms with Crippen LogP contribution in [0.1, 0.15) is 74.2 Å². The molecule has 0 radical (unpaired) electrons. The highest BCUT2D eigenvalue weighted by Gasteiger charge is 2.61. The second kappa shape index (κ2) is 22.4. The lowest BCUT2D eigenvalue weighted by molar-refractivity contribution is -0.179. The van der Waals surface area contributed by atoms with Crippen LogP contribution in [0.5, 0.6) is 5.75 Å². The van der Waals surface area contributed by atoms with Crippen molar-refractivity contribution in [2.45, 2.75) is 75.4 Å². The first-order valence-corrected chi connectivity index (χ1v) is 27.8. The zero-order valence-electron chi connectivity index (χ0n) is 44.1. The number of benzene rings is 6. The number of carbonyl (C=O) groups excluding carboxylic acids is 4. The summed E-state index contributed by atoms with van der Waals surface area (Å²) < 4.78 is 28.1. The Morgan fingerprint density at radius 3 is 1.90 bits per heavy atom. The van der Waals surface area contributed by atoms with Crippen molar-refractivity contribution in [2.75, 3.05) is 11.1 Å². The van der Waals surface area contributed by atoms with E-state index in [9.17, 15) is 33.6 Å². The number of aromatic nitrogens is 3. The molecule has 80 heavy (non-hydrogen) atoms. The number of phenolic OH excluding ortho intramolecular Hbond substituents is 1. The van der Waals surface area contributed by atoms with E-state index in [4.69, 9.17) is 19.3 Å². The van der Waals surface area contributed by atoms with Crippen LogP contribution in [0.4, 0.5) is 5.13 Å². The van der Waals surface area contributed by atoms with Gasteiger partial charge >= 0.3 is 11.9 Å². The highest BCUT2D eigenvalue weighted by atomic mass is 32.2. The highest BCUT2D eigenvalue weighted by molar-refractivity contribution is 7.92. The van der Waals surface area contributed by atoms with Gasteiger partial charge in [-0.1, -0.05) is 157 Å². The number of rotatable bonds is 17. The molecule has 2 amide bonds. The summed E-state index contributed by atoms with van der Waals surface area (Å²) in [6.07, 6.45) is 2.03. The van der Waals surface area contributed by atoms with Crippen LogP contribution in [0.15, 0.2) is 203 Å². The first kappa shape index (κ1) is 54.4. The number of ether oxygens (including phenoxy) is 2. The molecule has 3 aliphatic heterocycles. The number of nitrogens with zero attached hydrogens (tertiary/aromatic N) is 5. The molecule has 3 atom stereocenters. The van der Waals surface area contributed by atoms with Crippen molar-refractivity contribution in [3.63, 3.8) is 0 Å². The lowest BCUT2D eigenvalue weighted by Crippen LogP contribution is -2.75. The van der Waals surface area contributed by atoms with Crippen molar-refractivity contribution in [3.8, 4) is 16.9 Å². The van der Waals surface area contributed by atoms with Crippen molar-refractivity contribution in [1.82, 2.24) is 25.0 Å². The van der Waals surface area contributed by atoms with Gasteiger partial charge in [-0.25, -0.2) is 14.6 Å². The smallest absolute Gasteiger partial charge is 0.356 e. The Morgan fingerprint density at radius 2 is 1.35 bits per heavy atom. The Morgan fingerprint density at radius 1 is 0.800 bits per heavy atom. The third kappa shape index (κ3) is 11.2. The van der Waals surface area contributed by atoms with Gasteiger partial charge in [-0.2, -0.15) is 5.10 Å². The van der Waals surface area contributed by atoms with Crippen molar-refractivity contribution in [3.05, 3.63) is 237 Å². The van der Waals surface area contributed by atoms with Gasteiger partial charge in [0.2, 0.25) is 16.4 Å². The number of β-lactam (4-membered cyclic amide) rings is 1. The monoisotopic (exact) mass is 1110 g/mol. The second-order valence-corrected chi connectivity index (χ2v) is 23.0. The molecule has 19 heteroatoms. The zero-order valence-corrected chi connectivity index (χ0v) is 45.8. The molecule has 1 fully saturated rings. The molecule has 2 unspecified atom stereocenters. The number of carbonyl (C=O) groups is 4. The Balaban J connectivity index is 1.01. The van der Waals surface area contributed by atoms with E-state index < -0.39 is 86.1 Å². The summed E-state index contributed by atoms with van der Waals surface area (Å²) in [5.74, 6) is -4.16. The maximum atomic E-state index is 15.0. The molecule has 0 saturated carbocycles. The topological polar surface area (TPSA) is 227 Å². The SMILES string of the molecule is CC(C)(C)OC(=O)C(C)(C)O/N=C(\C(=O)NC1C(=O)N2C(C(=O)OC(c3ccccc3)c3ccccc3)=C(Cn3cc4cc(O)c(=O)cc-4cn3)C[S+]([O-])[C@@H]12)c1csc(NC(c2ccccc2)(c2ccccc2)c2ccccc2)n1.